The van der Waals surface area contributed by atoms with Crippen LogP contribution in [0.5, 0.6) is 0 Å². The van der Waals surface area contributed by atoms with Crippen LogP contribution >= 0.6 is 23.1 Å². The summed E-state index contributed by atoms with van der Waals surface area (Å²) in [6.07, 6.45) is 0. The van der Waals surface area contributed by atoms with Gasteiger partial charge in [0.05, 0.1) is 5.69 Å². The zero-order valence-corrected chi connectivity index (χ0v) is 15.5. The van der Waals surface area contributed by atoms with Crippen molar-refractivity contribution < 1.29 is 8.81 Å². The van der Waals surface area contributed by atoms with Gasteiger partial charge in [-0.15, -0.1) is 21.5 Å². The SMILES string of the molecule is Cc1ccc(-c2nc(CSc3nnc(-c4ccc(F)cc4)o3)cs2)cc1. The molecule has 2 aromatic heterocycles. The third kappa shape index (κ3) is 3.84. The van der Waals surface area contributed by atoms with Crippen molar-refractivity contribution >= 4 is 23.1 Å². The summed E-state index contributed by atoms with van der Waals surface area (Å²) in [4.78, 5) is 4.67. The Labute approximate surface area is 158 Å². The van der Waals surface area contributed by atoms with E-state index in [1.165, 1.54) is 29.5 Å². The second-order valence-electron chi connectivity index (χ2n) is 5.68. The van der Waals surface area contributed by atoms with Gasteiger partial charge in [-0.25, -0.2) is 9.37 Å². The van der Waals surface area contributed by atoms with Crippen LogP contribution in [0.3, 0.4) is 0 Å². The Balaban J connectivity index is 1.42. The van der Waals surface area contributed by atoms with Gasteiger partial charge >= 0.3 is 0 Å². The molecule has 4 aromatic rings. The minimum atomic E-state index is -0.296. The Kier molecular flexibility index (Phi) is 4.81. The normalized spacial score (nSPS) is 11.0. The number of thiazole rings is 1. The van der Waals surface area contributed by atoms with Gasteiger partial charge in [0.2, 0.25) is 5.89 Å². The molecular formula is C19H14FN3OS2. The highest BCUT2D eigenvalue weighted by molar-refractivity contribution is 7.98. The lowest BCUT2D eigenvalue weighted by Crippen LogP contribution is -1.82. The molecule has 0 aliphatic heterocycles. The Morgan fingerprint density at radius 1 is 1.00 bits per heavy atom. The second-order valence-corrected chi connectivity index (χ2v) is 7.46. The van der Waals surface area contributed by atoms with E-state index in [2.05, 4.69) is 46.4 Å². The summed E-state index contributed by atoms with van der Waals surface area (Å²) < 4.78 is 18.6. The maximum absolute atomic E-state index is 13.0. The van der Waals surface area contributed by atoms with Gasteiger partial charge in [0.15, 0.2) is 0 Å². The molecule has 2 aromatic carbocycles. The van der Waals surface area contributed by atoms with Gasteiger partial charge in [0.25, 0.3) is 5.22 Å². The molecular weight excluding hydrogens is 369 g/mol. The van der Waals surface area contributed by atoms with Crippen LogP contribution in [0, 0.1) is 12.7 Å². The van der Waals surface area contributed by atoms with Gasteiger partial charge in [-0.3, -0.25) is 0 Å². The summed E-state index contributed by atoms with van der Waals surface area (Å²) in [7, 11) is 0. The molecule has 0 unspecified atom stereocenters. The van der Waals surface area contributed by atoms with Crippen LogP contribution in [0.15, 0.2) is 63.6 Å². The Hall–Kier alpha value is -2.51. The molecule has 0 aliphatic rings. The van der Waals surface area contributed by atoms with E-state index in [1.54, 1.807) is 23.5 Å². The van der Waals surface area contributed by atoms with E-state index in [0.29, 0.717) is 22.4 Å². The third-order valence-corrected chi connectivity index (χ3v) is 5.48. The summed E-state index contributed by atoms with van der Waals surface area (Å²) in [5, 5.41) is 11.6. The van der Waals surface area contributed by atoms with Crippen LogP contribution in [-0.4, -0.2) is 15.2 Å². The topological polar surface area (TPSA) is 51.8 Å². The van der Waals surface area contributed by atoms with Crippen LogP contribution in [0.2, 0.25) is 0 Å². The maximum Gasteiger partial charge on any atom is 0.277 e. The molecule has 26 heavy (non-hydrogen) atoms. The summed E-state index contributed by atoms with van der Waals surface area (Å²) in [5.41, 5.74) is 4.01. The number of aryl methyl sites for hydroxylation is 1. The standard InChI is InChI=1S/C19H14FN3OS2/c1-12-2-4-14(5-3-12)18-21-16(10-25-18)11-26-19-23-22-17(24-19)13-6-8-15(20)9-7-13/h2-10H,11H2,1H3. The summed E-state index contributed by atoms with van der Waals surface area (Å²) in [6.45, 7) is 2.07. The van der Waals surface area contributed by atoms with Crippen molar-refractivity contribution in [1.29, 1.82) is 0 Å². The van der Waals surface area contributed by atoms with Crippen LogP contribution in [-0.2, 0) is 5.75 Å². The monoisotopic (exact) mass is 383 g/mol. The molecule has 4 nitrogen and oxygen atoms in total. The van der Waals surface area contributed by atoms with Crippen LogP contribution in [0.1, 0.15) is 11.3 Å². The van der Waals surface area contributed by atoms with E-state index in [-0.39, 0.29) is 5.82 Å². The van der Waals surface area contributed by atoms with Crippen molar-refractivity contribution in [3.8, 4) is 22.0 Å². The predicted octanol–water partition coefficient (Wildman–Crippen LogP) is 5.60. The van der Waals surface area contributed by atoms with Crippen molar-refractivity contribution in [3.63, 3.8) is 0 Å². The Morgan fingerprint density at radius 2 is 1.73 bits per heavy atom. The molecule has 0 N–H and O–H groups in total. The number of aromatic nitrogens is 3. The van der Waals surface area contributed by atoms with Crippen LogP contribution < -0.4 is 0 Å². The fourth-order valence-electron chi connectivity index (χ4n) is 2.31. The molecule has 4 rings (SSSR count). The molecule has 0 fully saturated rings. The summed E-state index contributed by atoms with van der Waals surface area (Å²) >= 11 is 3.05. The lowest BCUT2D eigenvalue weighted by Gasteiger charge is -1.97. The fraction of sp³-hybridized carbons (Fsp3) is 0.105. The van der Waals surface area contributed by atoms with E-state index in [9.17, 15) is 4.39 Å². The molecule has 0 amide bonds. The van der Waals surface area contributed by atoms with Crippen molar-refractivity contribution in [2.75, 3.05) is 0 Å². The van der Waals surface area contributed by atoms with Crippen molar-refractivity contribution in [3.05, 3.63) is 71.0 Å². The van der Waals surface area contributed by atoms with Gasteiger partial charge in [-0.05, 0) is 31.2 Å². The highest BCUT2D eigenvalue weighted by Crippen LogP contribution is 2.29. The van der Waals surface area contributed by atoms with Crippen molar-refractivity contribution in [2.45, 2.75) is 17.9 Å². The van der Waals surface area contributed by atoms with E-state index in [4.69, 9.17) is 4.42 Å². The first-order chi connectivity index (χ1) is 12.7. The van der Waals surface area contributed by atoms with Gasteiger partial charge in [0, 0.05) is 22.3 Å². The minimum absolute atomic E-state index is 0.296. The molecule has 2 heterocycles. The molecule has 130 valence electrons. The third-order valence-electron chi connectivity index (χ3n) is 3.69. The highest BCUT2D eigenvalue weighted by Gasteiger charge is 2.11. The van der Waals surface area contributed by atoms with Gasteiger partial charge in [-0.1, -0.05) is 41.6 Å². The maximum atomic E-state index is 13.0. The number of hydrogen-bond donors (Lipinski definition) is 0. The first-order valence-corrected chi connectivity index (χ1v) is 9.77. The average Bonchev–Trinajstić information content (AvgIpc) is 3.31. The van der Waals surface area contributed by atoms with E-state index >= 15 is 0 Å². The number of benzene rings is 2. The van der Waals surface area contributed by atoms with E-state index in [0.717, 1.165) is 16.3 Å². The minimum Gasteiger partial charge on any atom is -0.411 e. The zero-order chi connectivity index (χ0) is 17.9. The molecule has 0 bridgehead atoms. The first kappa shape index (κ1) is 16.9. The largest absolute Gasteiger partial charge is 0.411 e. The molecule has 0 saturated heterocycles. The highest BCUT2D eigenvalue weighted by atomic mass is 32.2. The lowest BCUT2D eigenvalue weighted by molar-refractivity contribution is 0.465. The second kappa shape index (κ2) is 7.39. The molecule has 0 aliphatic carbocycles. The van der Waals surface area contributed by atoms with Crippen LogP contribution in [0.4, 0.5) is 4.39 Å². The van der Waals surface area contributed by atoms with Gasteiger partial charge < -0.3 is 4.42 Å². The number of nitrogens with zero attached hydrogens (tertiary/aromatic N) is 3. The van der Waals surface area contributed by atoms with Crippen LogP contribution in [0.25, 0.3) is 22.0 Å². The van der Waals surface area contributed by atoms with E-state index < -0.39 is 0 Å². The summed E-state index contributed by atoms with van der Waals surface area (Å²) in [6, 6.07) is 14.3. The Bertz CT molecular complexity index is 926. The molecule has 7 heteroatoms. The predicted molar refractivity (Wildman–Crippen MR) is 102 cm³/mol. The first-order valence-electron chi connectivity index (χ1n) is 7.91. The fourth-order valence-corrected chi connectivity index (χ4v) is 3.90. The number of rotatable bonds is 5. The quantitative estimate of drug-likeness (QED) is 0.420. The summed E-state index contributed by atoms with van der Waals surface area (Å²) in [5.74, 6) is 0.731. The molecule has 0 radical (unpaired) electrons. The Morgan fingerprint density at radius 3 is 2.50 bits per heavy atom. The van der Waals surface area contributed by atoms with Gasteiger partial charge in [-0.2, -0.15) is 0 Å². The average molecular weight is 383 g/mol. The smallest absolute Gasteiger partial charge is 0.277 e. The zero-order valence-electron chi connectivity index (χ0n) is 13.8. The molecule has 0 atom stereocenters. The molecule has 0 spiro atoms. The van der Waals surface area contributed by atoms with Crippen molar-refractivity contribution in [2.24, 2.45) is 0 Å². The van der Waals surface area contributed by atoms with E-state index in [1.807, 2.05) is 5.38 Å². The van der Waals surface area contributed by atoms with Crippen molar-refractivity contribution in [1.82, 2.24) is 15.2 Å². The number of hydrogen-bond acceptors (Lipinski definition) is 6. The lowest BCUT2D eigenvalue weighted by atomic mass is 10.2. The van der Waals surface area contributed by atoms with Gasteiger partial charge in [0.1, 0.15) is 10.8 Å². The number of halogens is 1. The molecule has 0 saturated carbocycles. The number of thioether (sulfide) groups is 1.